The molecule has 0 saturated heterocycles. The van der Waals surface area contributed by atoms with E-state index in [9.17, 15) is 13.2 Å². The highest BCUT2D eigenvalue weighted by Gasteiger charge is 2.28. The predicted octanol–water partition coefficient (Wildman–Crippen LogP) is 2.33. The molecule has 1 atom stereocenters. The van der Waals surface area contributed by atoms with Crippen molar-refractivity contribution in [1.82, 2.24) is 0 Å². The number of ether oxygens (including phenoxy) is 1. The summed E-state index contributed by atoms with van der Waals surface area (Å²) in [7, 11) is 0. The Bertz CT molecular complexity index is 155. The Morgan fingerprint density at radius 1 is 1.29 bits per heavy atom. The van der Waals surface area contributed by atoms with Crippen molar-refractivity contribution in [3.63, 3.8) is 0 Å². The maximum Gasteiger partial charge on any atom is 0.411 e. The van der Waals surface area contributed by atoms with E-state index in [-0.39, 0.29) is 12.0 Å². The monoisotopic (exact) mass is 213 g/mol. The Kier molecular flexibility index (Phi) is 5.44. The molecule has 0 aliphatic heterocycles. The molecule has 86 valence electrons. The minimum atomic E-state index is -4.23. The van der Waals surface area contributed by atoms with Crippen LogP contribution in [0.1, 0.15) is 26.7 Å². The Balaban J connectivity index is 3.63. The van der Waals surface area contributed by atoms with Gasteiger partial charge < -0.3 is 10.5 Å². The zero-order chi connectivity index (χ0) is 11.2. The lowest BCUT2D eigenvalue weighted by atomic mass is 9.84. The number of hydrogen-bond donors (Lipinski definition) is 1. The van der Waals surface area contributed by atoms with Gasteiger partial charge in [-0.05, 0) is 24.8 Å². The van der Waals surface area contributed by atoms with Crippen LogP contribution >= 0.6 is 0 Å². The second kappa shape index (κ2) is 5.56. The van der Waals surface area contributed by atoms with E-state index in [0.717, 1.165) is 6.42 Å². The van der Waals surface area contributed by atoms with Gasteiger partial charge in [0.05, 0.1) is 0 Å². The third-order valence-corrected chi connectivity index (χ3v) is 2.46. The minimum Gasteiger partial charge on any atom is -0.372 e. The summed E-state index contributed by atoms with van der Waals surface area (Å²) in [5, 5.41) is 0. The summed E-state index contributed by atoms with van der Waals surface area (Å²) in [5.74, 6) is 0. The lowest BCUT2D eigenvalue weighted by Crippen LogP contribution is -2.28. The molecule has 0 aromatic rings. The average Bonchev–Trinajstić information content (AvgIpc) is 2.11. The molecule has 0 aliphatic carbocycles. The average molecular weight is 213 g/mol. The zero-order valence-corrected chi connectivity index (χ0v) is 8.66. The smallest absolute Gasteiger partial charge is 0.372 e. The van der Waals surface area contributed by atoms with Gasteiger partial charge in [0.25, 0.3) is 0 Å². The molecular formula is C9H18F3NO. The number of hydrogen-bond acceptors (Lipinski definition) is 2. The van der Waals surface area contributed by atoms with Crippen LogP contribution in [0.5, 0.6) is 0 Å². The van der Waals surface area contributed by atoms with E-state index >= 15 is 0 Å². The quantitative estimate of drug-likeness (QED) is 0.687. The molecular weight excluding hydrogens is 195 g/mol. The molecule has 0 bridgehead atoms. The van der Waals surface area contributed by atoms with Gasteiger partial charge in [-0.25, -0.2) is 0 Å². The van der Waals surface area contributed by atoms with Crippen molar-refractivity contribution < 1.29 is 17.9 Å². The van der Waals surface area contributed by atoms with E-state index in [2.05, 4.69) is 4.74 Å². The molecule has 2 N–H and O–H groups in total. The first kappa shape index (κ1) is 13.7. The van der Waals surface area contributed by atoms with Gasteiger partial charge in [-0.15, -0.1) is 0 Å². The minimum absolute atomic E-state index is 0.106. The van der Waals surface area contributed by atoms with Crippen LogP contribution in [0.4, 0.5) is 13.2 Å². The normalized spacial score (nSPS) is 16.7. The molecule has 5 heteroatoms. The maximum atomic E-state index is 11.7. The van der Waals surface area contributed by atoms with Crippen LogP contribution in [-0.2, 0) is 4.74 Å². The molecule has 0 radical (unpaired) electrons. The fraction of sp³-hybridized carbons (Fsp3) is 1.00. The molecule has 0 saturated carbocycles. The predicted molar refractivity (Wildman–Crippen MR) is 48.9 cm³/mol. The summed E-state index contributed by atoms with van der Waals surface area (Å²) in [4.78, 5) is 0. The van der Waals surface area contributed by atoms with Gasteiger partial charge in [-0.2, -0.15) is 13.2 Å². The molecule has 0 amide bonds. The first-order valence-corrected chi connectivity index (χ1v) is 4.67. The molecule has 0 aromatic carbocycles. The van der Waals surface area contributed by atoms with Gasteiger partial charge in [0.2, 0.25) is 0 Å². The Hall–Kier alpha value is -0.290. The molecule has 0 heterocycles. The first-order chi connectivity index (χ1) is 6.33. The molecule has 0 aromatic heterocycles. The van der Waals surface area contributed by atoms with Crippen LogP contribution in [0.3, 0.4) is 0 Å². The van der Waals surface area contributed by atoms with Gasteiger partial charge in [-0.3, -0.25) is 0 Å². The molecule has 0 spiro atoms. The summed E-state index contributed by atoms with van der Waals surface area (Å²) in [5.41, 5.74) is 5.40. The van der Waals surface area contributed by atoms with Crippen molar-refractivity contribution in [3.05, 3.63) is 0 Å². The second-order valence-electron chi connectivity index (χ2n) is 3.79. The van der Waals surface area contributed by atoms with E-state index in [4.69, 9.17) is 5.73 Å². The molecule has 0 fully saturated rings. The van der Waals surface area contributed by atoms with Crippen LogP contribution < -0.4 is 5.73 Å². The number of halogens is 3. The third-order valence-electron chi connectivity index (χ3n) is 2.46. The van der Waals surface area contributed by atoms with Crippen LogP contribution in [-0.4, -0.2) is 25.9 Å². The topological polar surface area (TPSA) is 35.2 Å². The number of rotatable bonds is 6. The summed E-state index contributed by atoms with van der Waals surface area (Å²) in [6, 6.07) is 0. The van der Waals surface area contributed by atoms with Crippen molar-refractivity contribution in [2.75, 3.05) is 19.8 Å². The van der Waals surface area contributed by atoms with Crippen molar-refractivity contribution in [1.29, 1.82) is 0 Å². The second-order valence-corrected chi connectivity index (χ2v) is 3.79. The van der Waals surface area contributed by atoms with Crippen LogP contribution in [0.15, 0.2) is 0 Å². The third kappa shape index (κ3) is 6.21. The Morgan fingerprint density at radius 2 is 1.86 bits per heavy atom. The molecule has 0 rings (SSSR count). The van der Waals surface area contributed by atoms with Gasteiger partial charge in [0.1, 0.15) is 6.61 Å². The largest absolute Gasteiger partial charge is 0.411 e. The van der Waals surface area contributed by atoms with E-state index in [1.165, 1.54) is 0 Å². The molecule has 1 unspecified atom stereocenters. The highest BCUT2D eigenvalue weighted by Crippen LogP contribution is 2.24. The molecule has 2 nitrogen and oxygen atoms in total. The fourth-order valence-electron chi connectivity index (χ4n) is 0.930. The summed E-state index contributed by atoms with van der Waals surface area (Å²) < 4.78 is 39.6. The highest BCUT2D eigenvalue weighted by atomic mass is 19.4. The van der Waals surface area contributed by atoms with Crippen molar-refractivity contribution >= 4 is 0 Å². The van der Waals surface area contributed by atoms with Gasteiger partial charge in [0, 0.05) is 6.61 Å². The standard InChI is InChI=1S/C9H18F3NO/c1-3-8(2,6-13)4-5-14-7-9(10,11)12/h3-7,13H2,1-2H3. The summed E-state index contributed by atoms with van der Waals surface area (Å²) in [6.45, 7) is 3.33. The SMILES string of the molecule is CCC(C)(CN)CCOCC(F)(F)F. The first-order valence-electron chi connectivity index (χ1n) is 4.67. The van der Waals surface area contributed by atoms with Crippen molar-refractivity contribution in [2.24, 2.45) is 11.1 Å². The zero-order valence-electron chi connectivity index (χ0n) is 8.66. The van der Waals surface area contributed by atoms with Gasteiger partial charge in [-0.1, -0.05) is 13.8 Å². The van der Waals surface area contributed by atoms with Gasteiger partial charge >= 0.3 is 6.18 Å². The van der Waals surface area contributed by atoms with E-state index in [1.807, 2.05) is 13.8 Å². The Labute approximate surface area is 82.6 Å². The molecule has 14 heavy (non-hydrogen) atoms. The summed E-state index contributed by atoms with van der Waals surface area (Å²) >= 11 is 0. The van der Waals surface area contributed by atoms with Gasteiger partial charge in [0.15, 0.2) is 0 Å². The fourth-order valence-corrected chi connectivity index (χ4v) is 0.930. The van der Waals surface area contributed by atoms with Crippen LogP contribution in [0.25, 0.3) is 0 Å². The van der Waals surface area contributed by atoms with E-state index in [1.54, 1.807) is 0 Å². The van der Waals surface area contributed by atoms with Crippen molar-refractivity contribution in [3.8, 4) is 0 Å². The van der Waals surface area contributed by atoms with Crippen LogP contribution in [0, 0.1) is 5.41 Å². The van der Waals surface area contributed by atoms with Crippen molar-refractivity contribution in [2.45, 2.75) is 32.9 Å². The summed E-state index contributed by atoms with van der Waals surface area (Å²) in [6.07, 6.45) is -2.82. The highest BCUT2D eigenvalue weighted by molar-refractivity contribution is 4.72. The van der Waals surface area contributed by atoms with E-state index < -0.39 is 12.8 Å². The Morgan fingerprint density at radius 3 is 2.21 bits per heavy atom. The molecule has 0 aliphatic rings. The van der Waals surface area contributed by atoms with E-state index in [0.29, 0.717) is 13.0 Å². The van der Waals surface area contributed by atoms with Crippen LogP contribution in [0.2, 0.25) is 0 Å². The lowest BCUT2D eigenvalue weighted by Gasteiger charge is -2.26. The maximum absolute atomic E-state index is 11.7. The lowest BCUT2D eigenvalue weighted by molar-refractivity contribution is -0.175. The number of alkyl halides is 3. The number of nitrogens with two attached hydrogens (primary N) is 1.